The Hall–Kier alpha value is -2.66. The fraction of sp³-hybridized carbons (Fsp3) is 0.111. The van der Waals surface area contributed by atoms with Crippen molar-refractivity contribution in [3.63, 3.8) is 0 Å². The first-order chi connectivity index (χ1) is 11.3. The molecule has 0 fully saturated rings. The number of para-hydroxylation sites is 1. The zero-order chi connectivity index (χ0) is 15.6. The van der Waals surface area contributed by atoms with Crippen molar-refractivity contribution in [3.05, 3.63) is 70.9 Å². The van der Waals surface area contributed by atoms with Crippen molar-refractivity contribution >= 4 is 33.7 Å². The molecule has 0 bridgehead atoms. The summed E-state index contributed by atoms with van der Waals surface area (Å²) in [5.74, 6) is 0. The standard InChI is InChI=1S/C18H14N2O2S/c21-18(20-10-9-13-5-1-2-6-14(13)11-20)22-12-17-19-15-7-3-4-8-16(15)23-17/h1-10H,11-12H2. The molecule has 0 saturated heterocycles. The third-order valence-corrected chi connectivity index (χ3v) is 4.73. The van der Waals surface area contributed by atoms with E-state index in [2.05, 4.69) is 4.98 Å². The van der Waals surface area contributed by atoms with Gasteiger partial charge in [-0.1, -0.05) is 36.4 Å². The Balaban J connectivity index is 1.43. The Labute approximate surface area is 137 Å². The van der Waals surface area contributed by atoms with E-state index in [1.165, 1.54) is 0 Å². The Morgan fingerprint density at radius 2 is 2.00 bits per heavy atom. The van der Waals surface area contributed by atoms with Crippen molar-refractivity contribution in [3.8, 4) is 0 Å². The minimum absolute atomic E-state index is 0.199. The predicted molar refractivity (Wildman–Crippen MR) is 90.8 cm³/mol. The third-order valence-electron chi connectivity index (χ3n) is 3.72. The fourth-order valence-electron chi connectivity index (χ4n) is 2.56. The lowest BCUT2D eigenvalue weighted by molar-refractivity contribution is 0.108. The number of carbonyl (C=O) groups excluding carboxylic acids is 1. The molecule has 0 atom stereocenters. The topological polar surface area (TPSA) is 42.4 Å². The van der Waals surface area contributed by atoms with Crippen LogP contribution in [0, 0.1) is 0 Å². The highest BCUT2D eigenvalue weighted by Crippen LogP contribution is 2.23. The van der Waals surface area contributed by atoms with Crippen LogP contribution in [0.5, 0.6) is 0 Å². The number of fused-ring (bicyclic) bond motifs is 2. The Morgan fingerprint density at radius 3 is 2.91 bits per heavy atom. The zero-order valence-corrected chi connectivity index (χ0v) is 13.1. The molecule has 0 spiro atoms. The van der Waals surface area contributed by atoms with Crippen molar-refractivity contribution in [2.75, 3.05) is 0 Å². The number of rotatable bonds is 2. The molecule has 0 unspecified atom stereocenters. The minimum Gasteiger partial charge on any atom is -0.442 e. The lowest BCUT2D eigenvalue weighted by Crippen LogP contribution is -2.27. The number of carbonyl (C=O) groups is 1. The second-order valence-corrected chi connectivity index (χ2v) is 6.39. The average molecular weight is 322 g/mol. The largest absolute Gasteiger partial charge is 0.442 e. The van der Waals surface area contributed by atoms with Gasteiger partial charge in [0, 0.05) is 6.20 Å². The Morgan fingerprint density at radius 1 is 1.17 bits per heavy atom. The molecule has 0 aliphatic carbocycles. The van der Waals surface area contributed by atoms with Crippen LogP contribution in [0.3, 0.4) is 0 Å². The quantitative estimate of drug-likeness (QED) is 0.701. The van der Waals surface area contributed by atoms with E-state index in [-0.39, 0.29) is 12.7 Å². The molecule has 0 N–H and O–H groups in total. The lowest BCUT2D eigenvalue weighted by atomic mass is 10.1. The van der Waals surface area contributed by atoms with Crippen molar-refractivity contribution in [1.82, 2.24) is 9.88 Å². The molecule has 2 aromatic carbocycles. The van der Waals surface area contributed by atoms with Gasteiger partial charge in [0.1, 0.15) is 11.6 Å². The van der Waals surface area contributed by atoms with Crippen LogP contribution in [0.15, 0.2) is 54.7 Å². The molecule has 4 rings (SSSR count). The van der Waals surface area contributed by atoms with Crippen molar-refractivity contribution < 1.29 is 9.53 Å². The molecular weight excluding hydrogens is 308 g/mol. The van der Waals surface area contributed by atoms with Gasteiger partial charge in [0.2, 0.25) is 0 Å². The molecule has 4 nitrogen and oxygen atoms in total. The van der Waals surface area contributed by atoms with Crippen LogP contribution in [-0.2, 0) is 17.9 Å². The summed E-state index contributed by atoms with van der Waals surface area (Å²) < 4.78 is 6.50. The van der Waals surface area contributed by atoms with Crippen LogP contribution in [0.1, 0.15) is 16.1 Å². The summed E-state index contributed by atoms with van der Waals surface area (Å²) in [7, 11) is 0. The van der Waals surface area contributed by atoms with E-state index in [1.807, 2.05) is 54.6 Å². The Bertz CT molecular complexity index is 868. The number of thiazole rings is 1. The van der Waals surface area contributed by atoms with E-state index in [4.69, 9.17) is 4.74 Å². The zero-order valence-electron chi connectivity index (χ0n) is 12.3. The molecule has 23 heavy (non-hydrogen) atoms. The lowest BCUT2D eigenvalue weighted by Gasteiger charge is -2.22. The van der Waals surface area contributed by atoms with Gasteiger partial charge in [-0.05, 0) is 29.3 Å². The molecule has 2 heterocycles. The summed E-state index contributed by atoms with van der Waals surface area (Å²) in [5, 5.41) is 0.806. The van der Waals surface area contributed by atoms with Crippen molar-refractivity contribution in [2.24, 2.45) is 0 Å². The van der Waals surface area contributed by atoms with Gasteiger partial charge in [0.05, 0.1) is 16.8 Å². The molecule has 114 valence electrons. The molecule has 0 radical (unpaired) electrons. The van der Waals surface area contributed by atoms with E-state index < -0.39 is 0 Å². The number of amides is 1. The number of ether oxygens (including phenoxy) is 1. The monoisotopic (exact) mass is 322 g/mol. The Kier molecular flexibility index (Phi) is 3.55. The maximum absolute atomic E-state index is 12.2. The summed E-state index contributed by atoms with van der Waals surface area (Å²) in [4.78, 5) is 18.3. The molecule has 1 aromatic heterocycles. The summed E-state index contributed by atoms with van der Waals surface area (Å²) in [5.41, 5.74) is 3.20. The third kappa shape index (κ3) is 2.83. The highest BCUT2D eigenvalue weighted by Gasteiger charge is 2.18. The minimum atomic E-state index is -0.352. The smallest absolute Gasteiger partial charge is 0.414 e. The summed E-state index contributed by atoms with van der Waals surface area (Å²) in [6, 6.07) is 15.9. The molecule has 3 aromatic rings. The molecular formula is C18H14N2O2S. The van der Waals surface area contributed by atoms with Crippen molar-refractivity contribution in [1.29, 1.82) is 0 Å². The maximum atomic E-state index is 12.2. The molecule has 1 aliphatic heterocycles. The van der Waals surface area contributed by atoms with Gasteiger partial charge in [-0.25, -0.2) is 9.78 Å². The second-order valence-electron chi connectivity index (χ2n) is 5.27. The second kappa shape index (κ2) is 5.85. The van der Waals surface area contributed by atoms with Crippen LogP contribution in [0.2, 0.25) is 0 Å². The van der Waals surface area contributed by atoms with Gasteiger partial charge < -0.3 is 4.74 Å². The van der Waals surface area contributed by atoms with E-state index in [0.29, 0.717) is 6.54 Å². The van der Waals surface area contributed by atoms with Crippen LogP contribution >= 0.6 is 11.3 Å². The molecule has 1 aliphatic rings. The first-order valence-electron chi connectivity index (χ1n) is 7.33. The van der Waals surface area contributed by atoms with Crippen LogP contribution in [0.4, 0.5) is 4.79 Å². The van der Waals surface area contributed by atoms with Gasteiger partial charge in [-0.15, -0.1) is 11.3 Å². The number of aromatic nitrogens is 1. The van der Waals surface area contributed by atoms with Crippen molar-refractivity contribution in [2.45, 2.75) is 13.2 Å². The van der Waals surface area contributed by atoms with Crippen LogP contribution < -0.4 is 0 Å². The number of hydrogen-bond acceptors (Lipinski definition) is 4. The molecule has 5 heteroatoms. The molecule has 1 amide bonds. The van der Waals surface area contributed by atoms with E-state index in [0.717, 1.165) is 26.4 Å². The number of benzene rings is 2. The van der Waals surface area contributed by atoms with Gasteiger partial charge in [-0.2, -0.15) is 0 Å². The summed E-state index contributed by atoms with van der Waals surface area (Å²) in [6.45, 7) is 0.732. The predicted octanol–water partition coefficient (Wildman–Crippen LogP) is 4.42. The highest BCUT2D eigenvalue weighted by atomic mass is 32.1. The van der Waals surface area contributed by atoms with Gasteiger partial charge >= 0.3 is 6.09 Å². The number of nitrogens with zero attached hydrogens (tertiary/aromatic N) is 2. The first kappa shape index (κ1) is 14.0. The summed E-state index contributed by atoms with van der Waals surface area (Å²) >= 11 is 1.55. The first-order valence-corrected chi connectivity index (χ1v) is 8.15. The highest BCUT2D eigenvalue weighted by molar-refractivity contribution is 7.18. The van der Waals surface area contributed by atoms with E-state index in [9.17, 15) is 4.79 Å². The normalized spacial score (nSPS) is 13.1. The van der Waals surface area contributed by atoms with Gasteiger partial charge in [-0.3, -0.25) is 4.90 Å². The van der Waals surface area contributed by atoms with E-state index >= 15 is 0 Å². The fourth-order valence-corrected chi connectivity index (χ4v) is 3.44. The van der Waals surface area contributed by atoms with Gasteiger partial charge in [0.15, 0.2) is 0 Å². The van der Waals surface area contributed by atoms with E-state index in [1.54, 1.807) is 22.4 Å². The average Bonchev–Trinajstić information content (AvgIpc) is 3.02. The SMILES string of the molecule is O=C(OCc1nc2ccccc2s1)N1C=Cc2ccccc2C1. The van der Waals surface area contributed by atoms with Crippen LogP contribution in [0.25, 0.3) is 16.3 Å². The van der Waals surface area contributed by atoms with Gasteiger partial charge in [0.25, 0.3) is 0 Å². The summed E-state index contributed by atoms with van der Waals surface area (Å²) in [6.07, 6.45) is 3.34. The number of hydrogen-bond donors (Lipinski definition) is 0. The maximum Gasteiger partial charge on any atom is 0.414 e. The molecule has 0 saturated carbocycles. The van der Waals surface area contributed by atoms with Crippen LogP contribution in [-0.4, -0.2) is 16.0 Å².